The summed E-state index contributed by atoms with van der Waals surface area (Å²) in [6.45, 7) is 2.78. The number of non-ortho nitro benzene ring substituents is 1. The number of nitro groups is 1. The monoisotopic (exact) mass is 263 g/mol. The van der Waals surface area contributed by atoms with E-state index in [1.54, 1.807) is 12.1 Å². The highest BCUT2D eigenvalue weighted by Crippen LogP contribution is 2.29. The minimum Gasteiger partial charge on any atom is -0.369 e. The number of benzene rings is 1. The third kappa shape index (κ3) is 2.83. The molecule has 102 valence electrons. The van der Waals surface area contributed by atoms with E-state index >= 15 is 0 Å². The number of carbonyl (C=O) groups is 1. The van der Waals surface area contributed by atoms with Crippen molar-refractivity contribution in [3.8, 4) is 0 Å². The first-order chi connectivity index (χ1) is 8.99. The third-order valence-electron chi connectivity index (χ3n) is 3.67. The Balaban J connectivity index is 2.10. The van der Waals surface area contributed by atoms with Crippen LogP contribution in [0.2, 0.25) is 0 Å². The van der Waals surface area contributed by atoms with E-state index in [2.05, 4.69) is 4.90 Å². The van der Waals surface area contributed by atoms with Crippen LogP contribution < -0.4 is 10.6 Å². The molecule has 2 rings (SSSR count). The normalized spacial score (nSPS) is 23.1. The van der Waals surface area contributed by atoms with Crippen LogP contribution in [0.1, 0.15) is 19.8 Å². The van der Waals surface area contributed by atoms with Crippen molar-refractivity contribution in [3.05, 3.63) is 34.4 Å². The highest BCUT2D eigenvalue weighted by atomic mass is 16.6. The average molecular weight is 263 g/mol. The van der Waals surface area contributed by atoms with Gasteiger partial charge in [0.05, 0.1) is 4.92 Å². The molecule has 2 unspecified atom stereocenters. The standard InChI is InChI=1S/C13H17N3O3/c1-9-8-10(13(14)17)6-7-15(9)11-2-4-12(5-3-11)16(18)19/h2-5,9-10H,6-8H2,1H3,(H2,14,17). The maximum atomic E-state index is 11.2. The number of amides is 1. The Labute approximate surface area is 111 Å². The van der Waals surface area contributed by atoms with Gasteiger partial charge in [0.15, 0.2) is 0 Å². The van der Waals surface area contributed by atoms with Crippen LogP contribution >= 0.6 is 0 Å². The summed E-state index contributed by atoms with van der Waals surface area (Å²) < 4.78 is 0. The molecule has 2 N–H and O–H groups in total. The molecule has 6 heteroatoms. The van der Waals surface area contributed by atoms with Crippen LogP contribution in [0.25, 0.3) is 0 Å². The first kappa shape index (κ1) is 13.3. The second kappa shape index (κ2) is 5.26. The van der Waals surface area contributed by atoms with Crippen molar-refractivity contribution in [3.63, 3.8) is 0 Å². The van der Waals surface area contributed by atoms with Gasteiger partial charge in [0.2, 0.25) is 5.91 Å². The average Bonchev–Trinajstić information content (AvgIpc) is 2.38. The molecule has 6 nitrogen and oxygen atoms in total. The Kier molecular flexibility index (Phi) is 3.69. The number of hydrogen-bond donors (Lipinski definition) is 1. The number of nitro benzene ring substituents is 1. The summed E-state index contributed by atoms with van der Waals surface area (Å²) >= 11 is 0. The fourth-order valence-corrected chi connectivity index (χ4v) is 2.58. The van der Waals surface area contributed by atoms with Gasteiger partial charge >= 0.3 is 0 Å². The van der Waals surface area contributed by atoms with Crippen LogP contribution in [0.15, 0.2) is 24.3 Å². The maximum absolute atomic E-state index is 11.2. The van der Waals surface area contributed by atoms with Crippen LogP contribution in [0.4, 0.5) is 11.4 Å². The van der Waals surface area contributed by atoms with E-state index in [-0.39, 0.29) is 23.6 Å². The van der Waals surface area contributed by atoms with E-state index in [4.69, 9.17) is 5.73 Å². The van der Waals surface area contributed by atoms with Crippen LogP contribution in [0, 0.1) is 16.0 Å². The topological polar surface area (TPSA) is 89.5 Å². The van der Waals surface area contributed by atoms with Crippen LogP contribution in [-0.4, -0.2) is 23.4 Å². The number of primary amides is 1. The van der Waals surface area contributed by atoms with Crippen LogP contribution in [0.5, 0.6) is 0 Å². The molecule has 2 atom stereocenters. The highest BCUT2D eigenvalue weighted by molar-refractivity contribution is 5.77. The Morgan fingerprint density at radius 1 is 1.42 bits per heavy atom. The summed E-state index contributed by atoms with van der Waals surface area (Å²) in [5.74, 6) is -0.306. The molecule has 1 aliphatic heterocycles. The molecule has 1 amide bonds. The van der Waals surface area contributed by atoms with Crippen molar-refractivity contribution in [1.82, 2.24) is 0 Å². The summed E-state index contributed by atoms with van der Waals surface area (Å²) in [5, 5.41) is 10.6. The van der Waals surface area contributed by atoms with Crippen molar-refractivity contribution in [2.75, 3.05) is 11.4 Å². The predicted molar refractivity (Wildman–Crippen MR) is 71.8 cm³/mol. The molecule has 0 saturated carbocycles. The Hall–Kier alpha value is -2.11. The van der Waals surface area contributed by atoms with Crippen molar-refractivity contribution in [2.24, 2.45) is 11.7 Å². The highest BCUT2D eigenvalue weighted by Gasteiger charge is 2.28. The molecule has 1 aliphatic rings. The van der Waals surface area contributed by atoms with Crippen molar-refractivity contribution < 1.29 is 9.72 Å². The second-order valence-corrected chi connectivity index (χ2v) is 4.94. The lowest BCUT2D eigenvalue weighted by Gasteiger charge is -2.38. The van der Waals surface area contributed by atoms with Gasteiger partial charge in [0.25, 0.3) is 5.69 Å². The largest absolute Gasteiger partial charge is 0.369 e. The Bertz CT molecular complexity index is 486. The SMILES string of the molecule is CC1CC(C(N)=O)CCN1c1ccc([N+](=O)[O-])cc1. The molecule has 0 bridgehead atoms. The molecule has 0 aliphatic carbocycles. The number of anilines is 1. The molecular formula is C13H17N3O3. The summed E-state index contributed by atoms with van der Waals surface area (Å²) in [6.07, 6.45) is 1.46. The van der Waals surface area contributed by atoms with Crippen LogP contribution in [-0.2, 0) is 4.79 Å². The lowest BCUT2D eigenvalue weighted by atomic mass is 9.90. The van der Waals surface area contributed by atoms with Gasteiger partial charge in [-0.25, -0.2) is 0 Å². The number of hydrogen-bond acceptors (Lipinski definition) is 4. The molecule has 1 saturated heterocycles. The summed E-state index contributed by atoms with van der Waals surface area (Å²) in [4.78, 5) is 23.5. The number of nitrogens with zero attached hydrogens (tertiary/aromatic N) is 2. The zero-order valence-corrected chi connectivity index (χ0v) is 10.8. The van der Waals surface area contributed by atoms with E-state index in [1.807, 2.05) is 6.92 Å². The van der Waals surface area contributed by atoms with Gasteiger partial charge in [0, 0.05) is 36.3 Å². The van der Waals surface area contributed by atoms with Gasteiger partial charge in [-0.2, -0.15) is 0 Å². The molecular weight excluding hydrogens is 246 g/mol. The molecule has 1 aromatic carbocycles. The maximum Gasteiger partial charge on any atom is 0.269 e. The first-order valence-electron chi connectivity index (χ1n) is 6.29. The zero-order chi connectivity index (χ0) is 14.0. The lowest BCUT2D eigenvalue weighted by Crippen LogP contribution is -2.44. The second-order valence-electron chi connectivity index (χ2n) is 4.94. The lowest BCUT2D eigenvalue weighted by molar-refractivity contribution is -0.384. The molecule has 19 heavy (non-hydrogen) atoms. The van der Waals surface area contributed by atoms with E-state index in [0.717, 1.165) is 25.1 Å². The van der Waals surface area contributed by atoms with Crippen LogP contribution in [0.3, 0.4) is 0 Å². The zero-order valence-electron chi connectivity index (χ0n) is 10.8. The molecule has 0 radical (unpaired) electrons. The minimum absolute atomic E-state index is 0.0655. The Morgan fingerprint density at radius 3 is 2.53 bits per heavy atom. The summed E-state index contributed by atoms with van der Waals surface area (Å²) in [5.41, 5.74) is 6.37. The van der Waals surface area contributed by atoms with Gasteiger partial charge in [-0.15, -0.1) is 0 Å². The number of carbonyl (C=O) groups excluding carboxylic acids is 1. The van der Waals surface area contributed by atoms with Gasteiger partial charge in [-0.1, -0.05) is 0 Å². The van der Waals surface area contributed by atoms with E-state index < -0.39 is 4.92 Å². The van der Waals surface area contributed by atoms with Gasteiger partial charge in [-0.3, -0.25) is 14.9 Å². The molecule has 0 aromatic heterocycles. The summed E-state index contributed by atoms with van der Waals surface area (Å²) in [6, 6.07) is 6.70. The van der Waals surface area contributed by atoms with Gasteiger partial charge < -0.3 is 10.6 Å². The quantitative estimate of drug-likeness (QED) is 0.663. The minimum atomic E-state index is -0.410. The third-order valence-corrected chi connectivity index (χ3v) is 3.67. The molecule has 1 fully saturated rings. The number of nitrogens with two attached hydrogens (primary N) is 1. The van der Waals surface area contributed by atoms with E-state index in [1.165, 1.54) is 12.1 Å². The van der Waals surface area contributed by atoms with Crippen molar-refractivity contribution in [1.29, 1.82) is 0 Å². The molecule has 1 heterocycles. The fraction of sp³-hybridized carbons (Fsp3) is 0.462. The number of piperidine rings is 1. The van der Waals surface area contributed by atoms with Gasteiger partial charge in [0.1, 0.15) is 0 Å². The fourth-order valence-electron chi connectivity index (χ4n) is 2.58. The smallest absolute Gasteiger partial charge is 0.269 e. The van der Waals surface area contributed by atoms with Crippen molar-refractivity contribution >= 4 is 17.3 Å². The predicted octanol–water partition coefficient (Wildman–Crippen LogP) is 1.68. The van der Waals surface area contributed by atoms with Crippen molar-refractivity contribution in [2.45, 2.75) is 25.8 Å². The van der Waals surface area contributed by atoms with E-state index in [0.29, 0.717) is 0 Å². The number of rotatable bonds is 3. The van der Waals surface area contributed by atoms with E-state index in [9.17, 15) is 14.9 Å². The van der Waals surface area contributed by atoms with Gasteiger partial charge in [-0.05, 0) is 31.9 Å². The summed E-state index contributed by atoms with van der Waals surface area (Å²) in [7, 11) is 0. The first-order valence-corrected chi connectivity index (χ1v) is 6.29. The Morgan fingerprint density at radius 2 is 2.05 bits per heavy atom. The molecule has 0 spiro atoms. The molecule has 1 aromatic rings.